The van der Waals surface area contributed by atoms with E-state index in [0.29, 0.717) is 39.1 Å². The molecule has 1 saturated heterocycles. The van der Waals surface area contributed by atoms with Crippen LogP contribution in [0.2, 0.25) is 10.0 Å². The van der Waals surface area contributed by atoms with Gasteiger partial charge in [0.2, 0.25) is 5.91 Å². The first-order chi connectivity index (χ1) is 16.4. The van der Waals surface area contributed by atoms with Crippen molar-refractivity contribution in [2.45, 2.75) is 25.3 Å². The Balaban J connectivity index is 1.48. The summed E-state index contributed by atoms with van der Waals surface area (Å²) in [6.07, 6.45) is 3.49. The molecule has 4 rings (SSSR count). The summed E-state index contributed by atoms with van der Waals surface area (Å²) in [5.74, 6) is -0.523. The van der Waals surface area contributed by atoms with Crippen LogP contribution in [0.3, 0.4) is 0 Å². The van der Waals surface area contributed by atoms with Crippen LogP contribution in [0.5, 0.6) is 0 Å². The van der Waals surface area contributed by atoms with Crippen molar-refractivity contribution in [3.05, 3.63) is 70.0 Å². The first-order valence-corrected chi connectivity index (χ1v) is 11.6. The Hall–Kier alpha value is -3.20. The summed E-state index contributed by atoms with van der Waals surface area (Å²) in [6, 6.07) is 12.2. The minimum Gasteiger partial charge on any atom is -0.382 e. The predicted molar refractivity (Wildman–Crippen MR) is 134 cm³/mol. The maximum absolute atomic E-state index is 12.8. The number of hydrogen-bond acceptors (Lipinski definition) is 6. The van der Waals surface area contributed by atoms with E-state index in [1.54, 1.807) is 36.4 Å². The van der Waals surface area contributed by atoms with Gasteiger partial charge in [-0.1, -0.05) is 41.4 Å². The Morgan fingerprint density at radius 2 is 2.03 bits per heavy atom. The van der Waals surface area contributed by atoms with E-state index in [1.165, 1.54) is 6.20 Å². The standard InChI is InChI=1S/C24H24Cl2N6O2/c25-16-7-6-14(19(26)11-16)10-21(33)30-17-4-1-3-15(9-17)20-13-29-23(27)22(32-20)24(34)31-18-5-2-8-28-12-18/h1,3-4,6-7,9,11,13,18,28H,2,5,8,10,12H2,(H2,27,29)(H,30,33)(H,31,34)/t18-/m0/s1. The lowest BCUT2D eigenvalue weighted by molar-refractivity contribution is -0.115. The molecule has 2 heterocycles. The van der Waals surface area contributed by atoms with Crippen LogP contribution in [-0.4, -0.2) is 40.9 Å². The molecule has 0 saturated carbocycles. The van der Waals surface area contributed by atoms with Crippen molar-refractivity contribution in [2.24, 2.45) is 0 Å². The molecular formula is C24H24Cl2N6O2. The summed E-state index contributed by atoms with van der Waals surface area (Å²) >= 11 is 12.1. The molecule has 1 fully saturated rings. The number of piperidine rings is 1. The van der Waals surface area contributed by atoms with Crippen molar-refractivity contribution >= 4 is 46.5 Å². The molecule has 0 spiro atoms. The highest BCUT2D eigenvalue weighted by Crippen LogP contribution is 2.24. The lowest BCUT2D eigenvalue weighted by atomic mass is 10.1. The zero-order chi connectivity index (χ0) is 24.1. The number of nitrogens with two attached hydrogens (primary N) is 1. The molecule has 2 amide bonds. The van der Waals surface area contributed by atoms with Crippen LogP contribution < -0.4 is 21.7 Å². The summed E-state index contributed by atoms with van der Waals surface area (Å²) in [6.45, 7) is 1.66. The first-order valence-electron chi connectivity index (χ1n) is 10.9. The second kappa shape index (κ2) is 10.8. The van der Waals surface area contributed by atoms with Gasteiger partial charge in [0.25, 0.3) is 5.91 Å². The molecular weight excluding hydrogens is 475 g/mol. The van der Waals surface area contributed by atoms with Gasteiger partial charge in [-0.05, 0) is 49.2 Å². The molecule has 2 aromatic carbocycles. The molecule has 0 radical (unpaired) electrons. The quantitative estimate of drug-likeness (QED) is 0.411. The molecule has 0 bridgehead atoms. The second-order valence-electron chi connectivity index (χ2n) is 8.05. The maximum atomic E-state index is 12.8. The highest BCUT2D eigenvalue weighted by atomic mass is 35.5. The molecule has 0 unspecified atom stereocenters. The number of nitrogens with zero attached hydrogens (tertiary/aromatic N) is 2. The fourth-order valence-electron chi connectivity index (χ4n) is 3.73. The number of hydrogen-bond donors (Lipinski definition) is 4. The summed E-state index contributed by atoms with van der Waals surface area (Å²) in [5.41, 5.74) is 8.42. The molecule has 1 atom stereocenters. The number of halogens is 2. The SMILES string of the molecule is Nc1ncc(-c2cccc(NC(=O)Cc3ccc(Cl)cc3Cl)c2)nc1C(=O)N[C@H]1CCCNC1. The molecule has 34 heavy (non-hydrogen) atoms. The van der Waals surface area contributed by atoms with Gasteiger partial charge in [-0.15, -0.1) is 0 Å². The number of carbonyl (C=O) groups is 2. The number of nitrogens with one attached hydrogen (secondary N) is 3. The smallest absolute Gasteiger partial charge is 0.274 e. The van der Waals surface area contributed by atoms with Gasteiger partial charge < -0.3 is 21.7 Å². The van der Waals surface area contributed by atoms with Gasteiger partial charge in [0.05, 0.1) is 18.3 Å². The van der Waals surface area contributed by atoms with E-state index in [0.717, 1.165) is 19.4 Å². The van der Waals surface area contributed by atoms with E-state index in [2.05, 4.69) is 25.9 Å². The summed E-state index contributed by atoms with van der Waals surface area (Å²) in [7, 11) is 0. The normalized spacial score (nSPS) is 15.5. The highest BCUT2D eigenvalue weighted by Gasteiger charge is 2.20. The van der Waals surface area contributed by atoms with Crippen LogP contribution in [0, 0.1) is 0 Å². The monoisotopic (exact) mass is 498 g/mol. The number of rotatable bonds is 6. The Morgan fingerprint density at radius 3 is 2.79 bits per heavy atom. The number of anilines is 2. The van der Waals surface area contributed by atoms with E-state index in [1.807, 2.05) is 6.07 Å². The lowest BCUT2D eigenvalue weighted by Crippen LogP contribution is -2.46. The van der Waals surface area contributed by atoms with Gasteiger partial charge in [0.1, 0.15) is 0 Å². The minimum absolute atomic E-state index is 0.0267. The fraction of sp³-hybridized carbons (Fsp3) is 0.250. The van der Waals surface area contributed by atoms with Crippen LogP contribution in [0.15, 0.2) is 48.7 Å². The van der Waals surface area contributed by atoms with Crippen molar-refractivity contribution in [1.29, 1.82) is 0 Å². The van der Waals surface area contributed by atoms with E-state index < -0.39 is 0 Å². The van der Waals surface area contributed by atoms with Crippen molar-refractivity contribution in [3.63, 3.8) is 0 Å². The van der Waals surface area contributed by atoms with Gasteiger partial charge in [-0.3, -0.25) is 9.59 Å². The molecule has 5 N–H and O–H groups in total. The average molecular weight is 499 g/mol. The summed E-state index contributed by atoms with van der Waals surface area (Å²) in [4.78, 5) is 33.9. The van der Waals surface area contributed by atoms with Crippen LogP contribution in [-0.2, 0) is 11.2 Å². The lowest BCUT2D eigenvalue weighted by Gasteiger charge is -2.23. The highest BCUT2D eigenvalue weighted by molar-refractivity contribution is 6.35. The first kappa shape index (κ1) is 23.9. The molecule has 0 aliphatic carbocycles. The van der Waals surface area contributed by atoms with Gasteiger partial charge >= 0.3 is 0 Å². The van der Waals surface area contributed by atoms with Crippen LogP contribution in [0.25, 0.3) is 11.3 Å². The number of benzene rings is 2. The molecule has 1 aromatic heterocycles. The van der Waals surface area contributed by atoms with Crippen LogP contribution in [0.4, 0.5) is 11.5 Å². The number of aromatic nitrogens is 2. The van der Waals surface area contributed by atoms with E-state index >= 15 is 0 Å². The predicted octanol–water partition coefficient (Wildman–Crippen LogP) is 3.70. The third-order valence-electron chi connectivity index (χ3n) is 5.46. The van der Waals surface area contributed by atoms with E-state index in [4.69, 9.17) is 28.9 Å². The molecule has 1 aliphatic heterocycles. The van der Waals surface area contributed by atoms with Gasteiger partial charge in [-0.25, -0.2) is 9.97 Å². The zero-order valence-electron chi connectivity index (χ0n) is 18.3. The summed E-state index contributed by atoms with van der Waals surface area (Å²) < 4.78 is 0. The third-order valence-corrected chi connectivity index (χ3v) is 6.04. The molecule has 10 heteroatoms. The zero-order valence-corrected chi connectivity index (χ0v) is 19.8. The average Bonchev–Trinajstić information content (AvgIpc) is 2.82. The minimum atomic E-state index is -0.357. The van der Waals surface area contributed by atoms with Gasteiger partial charge in [0, 0.05) is 33.9 Å². The second-order valence-corrected chi connectivity index (χ2v) is 8.89. The van der Waals surface area contributed by atoms with Crippen molar-refractivity contribution < 1.29 is 9.59 Å². The third kappa shape index (κ3) is 6.02. The Bertz CT molecular complexity index is 1210. The van der Waals surface area contributed by atoms with Crippen LogP contribution >= 0.6 is 23.2 Å². The van der Waals surface area contributed by atoms with Gasteiger partial charge in [-0.2, -0.15) is 0 Å². The molecule has 3 aromatic rings. The Labute approximate surface area is 207 Å². The maximum Gasteiger partial charge on any atom is 0.274 e. The van der Waals surface area contributed by atoms with Crippen molar-refractivity contribution in [2.75, 3.05) is 24.1 Å². The summed E-state index contributed by atoms with van der Waals surface area (Å²) in [5, 5.41) is 10.0. The molecule has 176 valence electrons. The van der Waals surface area contributed by atoms with E-state index in [9.17, 15) is 9.59 Å². The topological polar surface area (TPSA) is 122 Å². The Kier molecular flexibility index (Phi) is 7.62. The Morgan fingerprint density at radius 1 is 1.18 bits per heavy atom. The van der Waals surface area contributed by atoms with Crippen molar-refractivity contribution in [1.82, 2.24) is 20.6 Å². The number of carbonyl (C=O) groups excluding carboxylic acids is 2. The van der Waals surface area contributed by atoms with Gasteiger partial charge in [0.15, 0.2) is 11.5 Å². The van der Waals surface area contributed by atoms with Crippen LogP contribution in [0.1, 0.15) is 28.9 Å². The largest absolute Gasteiger partial charge is 0.382 e. The fourth-order valence-corrected chi connectivity index (χ4v) is 4.21. The number of nitrogen functional groups attached to an aromatic ring is 1. The molecule has 1 aliphatic rings. The van der Waals surface area contributed by atoms with E-state index in [-0.39, 0.29) is 35.8 Å². The number of amides is 2. The van der Waals surface area contributed by atoms with Crippen molar-refractivity contribution in [3.8, 4) is 11.3 Å². The molecule has 8 nitrogen and oxygen atoms in total.